The number of piperazine rings is 2. The summed E-state index contributed by atoms with van der Waals surface area (Å²) in [4.78, 5) is 43.8. The zero-order chi connectivity index (χ0) is 21.0. The molecule has 0 aliphatic carbocycles. The summed E-state index contributed by atoms with van der Waals surface area (Å²) in [6.45, 7) is 8.65. The summed E-state index contributed by atoms with van der Waals surface area (Å²) in [6.07, 6.45) is -0.0484. The number of likely N-dealkylation sites (N-methyl/N-ethyl adjacent to an activating group) is 1. The van der Waals surface area contributed by atoms with Crippen LogP contribution in [-0.4, -0.2) is 91.3 Å². The summed E-state index contributed by atoms with van der Waals surface area (Å²) in [5.41, 5.74) is 2.93. The van der Waals surface area contributed by atoms with Gasteiger partial charge in [0.05, 0.1) is 13.0 Å². The Morgan fingerprint density at radius 2 is 1.83 bits per heavy atom. The van der Waals surface area contributed by atoms with E-state index in [4.69, 9.17) is 0 Å². The van der Waals surface area contributed by atoms with Crippen LogP contribution >= 0.6 is 0 Å². The molecule has 1 aromatic rings. The van der Waals surface area contributed by atoms with Crippen LogP contribution in [0, 0.1) is 13.8 Å². The van der Waals surface area contributed by atoms with E-state index in [1.807, 2.05) is 32.0 Å². The van der Waals surface area contributed by atoms with Crippen LogP contribution in [0.25, 0.3) is 0 Å². The lowest BCUT2D eigenvalue weighted by atomic mass is 10.1. The molecule has 1 unspecified atom stereocenters. The van der Waals surface area contributed by atoms with Gasteiger partial charge in [0.15, 0.2) is 0 Å². The molecule has 1 aromatic carbocycles. The van der Waals surface area contributed by atoms with Gasteiger partial charge in [-0.25, -0.2) is 0 Å². The smallest absolute Gasteiger partial charge is 0.243 e. The molecule has 2 fully saturated rings. The molecule has 0 aromatic heterocycles. The van der Waals surface area contributed by atoms with Gasteiger partial charge in [0, 0.05) is 45.0 Å². The van der Waals surface area contributed by atoms with Crippen molar-refractivity contribution in [1.29, 1.82) is 0 Å². The molecule has 0 bridgehead atoms. The monoisotopic (exact) mass is 401 g/mol. The number of carbonyl (C=O) groups is 3. The Bertz CT molecular complexity index is 774. The molecule has 8 heteroatoms. The maximum atomic E-state index is 12.9. The number of nitrogens with one attached hydrogen (secondary N) is 2. The maximum absolute atomic E-state index is 12.9. The number of carbonyl (C=O) groups excluding carboxylic acids is 3. The molecular formula is C21H31N5O3. The number of hydrogen-bond acceptors (Lipinski definition) is 5. The standard InChI is InChI=1S/C21H31N5O3/c1-15-4-5-17(12-16(15)2)23-19(27)13-18-21(29)22-6-7-26(18)20(28)14-25-10-8-24(3)9-11-25/h4-5,12,18H,6-11,13-14H2,1-3H3,(H,22,29)(H,23,27). The first-order chi connectivity index (χ1) is 13.8. The van der Waals surface area contributed by atoms with Gasteiger partial charge in [0.2, 0.25) is 17.7 Å². The second kappa shape index (κ2) is 9.37. The van der Waals surface area contributed by atoms with Crippen LogP contribution in [-0.2, 0) is 14.4 Å². The number of rotatable bonds is 5. The average Bonchev–Trinajstić information content (AvgIpc) is 2.68. The number of aryl methyl sites for hydroxylation is 2. The van der Waals surface area contributed by atoms with Gasteiger partial charge in [-0.05, 0) is 44.2 Å². The average molecular weight is 402 g/mol. The minimum Gasteiger partial charge on any atom is -0.353 e. The summed E-state index contributed by atoms with van der Waals surface area (Å²) in [5.74, 6) is -0.626. The zero-order valence-corrected chi connectivity index (χ0v) is 17.5. The van der Waals surface area contributed by atoms with Gasteiger partial charge in [-0.1, -0.05) is 6.07 Å². The Labute approximate surface area is 172 Å². The van der Waals surface area contributed by atoms with Gasteiger partial charge in [0.25, 0.3) is 0 Å². The molecule has 0 radical (unpaired) electrons. The lowest BCUT2D eigenvalue weighted by molar-refractivity contribution is -0.145. The van der Waals surface area contributed by atoms with Gasteiger partial charge in [-0.3, -0.25) is 19.3 Å². The van der Waals surface area contributed by atoms with E-state index in [0.717, 1.165) is 37.3 Å². The lowest BCUT2D eigenvalue weighted by Crippen LogP contribution is -2.60. The summed E-state index contributed by atoms with van der Waals surface area (Å²) in [7, 11) is 2.07. The Morgan fingerprint density at radius 1 is 1.10 bits per heavy atom. The van der Waals surface area contributed by atoms with Crippen molar-refractivity contribution in [2.24, 2.45) is 0 Å². The number of benzene rings is 1. The Hall–Kier alpha value is -2.45. The van der Waals surface area contributed by atoms with Crippen LogP contribution in [0.1, 0.15) is 17.5 Å². The van der Waals surface area contributed by atoms with E-state index in [9.17, 15) is 14.4 Å². The highest BCUT2D eigenvalue weighted by Crippen LogP contribution is 2.16. The van der Waals surface area contributed by atoms with E-state index >= 15 is 0 Å². The highest BCUT2D eigenvalue weighted by atomic mass is 16.2. The van der Waals surface area contributed by atoms with Crippen molar-refractivity contribution < 1.29 is 14.4 Å². The predicted molar refractivity (Wildman–Crippen MR) is 112 cm³/mol. The van der Waals surface area contributed by atoms with Crippen LogP contribution in [0.3, 0.4) is 0 Å². The molecule has 29 heavy (non-hydrogen) atoms. The molecule has 1 atom stereocenters. The molecular weight excluding hydrogens is 370 g/mol. The molecule has 158 valence electrons. The lowest BCUT2D eigenvalue weighted by Gasteiger charge is -2.37. The molecule has 8 nitrogen and oxygen atoms in total. The third-order valence-electron chi connectivity index (χ3n) is 5.78. The van der Waals surface area contributed by atoms with Crippen molar-refractivity contribution in [3.63, 3.8) is 0 Å². The van der Waals surface area contributed by atoms with Gasteiger partial charge in [-0.15, -0.1) is 0 Å². The molecule has 0 spiro atoms. The molecule has 2 saturated heterocycles. The first-order valence-corrected chi connectivity index (χ1v) is 10.2. The number of nitrogens with zero attached hydrogens (tertiary/aromatic N) is 3. The third kappa shape index (κ3) is 5.55. The van der Waals surface area contributed by atoms with Crippen LogP contribution in [0.5, 0.6) is 0 Å². The fraction of sp³-hybridized carbons (Fsp3) is 0.571. The number of anilines is 1. The SMILES string of the molecule is Cc1ccc(NC(=O)CC2C(=O)NCCN2C(=O)CN2CCN(C)CC2)cc1C. The highest BCUT2D eigenvalue weighted by Gasteiger charge is 2.35. The van der Waals surface area contributed by atoms with E-state index < -0.39 is 6.04 Å². The molecule has 2 aliphatic rings. The maximum Gasteiger partial charge on any atom is 0.243 e. The first-order valence-electron chi connectivity index (χ1n) is 10.2. The van der Waals surface area contributed by atoms with Crippen molar-refractivity contribution in [1.82, 2.24) is 20.0 Å². The van der Waals surface area contributed by atoms with E-state index in [2.05, 4.69) is 27.5 Å². The normalized spacial score (nSPS) is 21.0. The predicted octanol–water partition coefficient (Wildman–Crippen LogP) is 0.206. The Morgan fingerprint density at radius 3 is 2.52 bits per heavy atom. The number of hydrogen-bond donors (Lipinski definition) is 2. The zero-order valence-electron chi connectivity index (χ0n) is 17.5. The molecule has 3 amide bonds. The van der Waals surface area contributed by atoms with Gasteiger partial charge in [-0.2, -0.15) is 0 Å². The second-order valence-corrected chi connectivity index (χ2v) is 8.02. The van der Waals surface area contributed by atoms with Gasteiger partial charge in [0.1, 0.15) is 6.04 Å². The minimum absolute atomic E-state index is 0.0484. The molecule has 2 N–H and O–H groups in total. The van der Waals surface area contributed by atoms with E-state index in [0.29, 0.717) is 18.8 Å². The van der Waals surface area contributed by atoms with Crippen LogP contribution in [0.2, 0.25) is 0 Å². The largest absolute Gasteiger partial charge is 0.353 e. The highest BCUT2D eigenvalue weighted by molar-refractivity contribution is 5.97. The quantitative estimate of drug-likeness (QED) is 0.737. The summed E-state index contributed by atoms with van der Waals surface area (Å²) in [5, 5.41) is 5.63. The van der Waals surface area contributed by atoms with Gasteiger partial charge >= 0.3 is 0 Å². The van der Waals surface area contributed by atoms with Crippen molar-refractivity contribution in [2.45, 2.75) is 26.3 Å². The molecule has 2 aliphatic heterocycles. The molecule has 2 heterocycles. The van der Waals surface area contributed by atoms with Crippen molar-refractivity contribution in [3.05, 3.63) is 29.3 Å². The topological polar surface area (TPSA) is 85.0 Å². The fourth-order valence-electron chi connectivity index (χ4n) is 3.71. The summed E-state index contributed by atoms with van der Waals surface area (Å²) >= 11 is 0. The van der Waals surface area contributed by atoms with Crippen LogP contribution in [0.4, 0.5) is 5.69 Å². The molecule has 0 saturated carbocycles. The van der Waals surface area contributed by atoms with Crippen LogP contribution < -0.4 is 10.6 Å². The first kappa shape index (κ1) is 21.3. The summed E-state index contributed by atoms with van der Waals surface area (Å²) in [6, 6.07) is 4.93. The summed E-state index contributed by atoms with van der Waals surface area (Å²) < 4.78 is 0. The Kier molecular flexibility index (Phi) is 6.87. The van der Waals surface area contributed by atoms with Crippen molar-refractivity contribution >= 4 is 23.4 Å². The third-order valence-corrected chi connectivity index (χ3v) is 5.78. The van der Waals surface area contributed by atoms with Crippen molar-refractivity contribution in [2.75, 3.05) is 58.2 Å². The minimum atomic E-state index is -0.768. The fourth-order valence-corrected chi connectivity index (χ4v) is 3.71. The van der Waals surface area contributed by atoms with Gasteiger partial charge < -0.3 is 20.4 Å². The Balaban J connectivity index is 1.61. The molecule has 3 rings (SSSR count). The van der Waals surface area contributed by atoms with E-state index in [1.54, 1.807) is 4.90 Å². The number of amides is 3. The van der Waals surface area contributed by atoms with Crippen molar-refractivity contribution in [3.8, 4) is 0 Å². The van der Waals surface area contributed by atoms with Crippen LogP contribution in [0.15, 0.2) is 18.2 Å². The van der Waals surface area contributed by atoms with E-state index in [-0.39, 0.29) is 30.7 Å². The second-order valence-electron chi connectivity index (χ2n) is 8.02. The van der Waals surface area contributed by atoms with E-state index in [1.165, 1.54) is 0 Å².